The zero-order chi connectivity index (χ0) is 31.4. The first-order chi connectivity index (χ1) is 21.0. The molecule has 0 bridgehead atoms. The summed E-state index contributed by atoms with van der Waals surface area (Å²) in [5, 5.41) is 11.9. The molecule has 2 rings (SSSR count). The van der Waals surface area contributed by atoms with Gasteiger partial charge < -0.3 is 14.9 Å². The van der Waals surface area contributed by atoms with Crippen LogP contribution in [0.15, 0.2) is 42.5 Å². The van der Waals surface area contributed by atoms with Crippen molar-refractivity contribution < 1.29 is 24.3 Å². The molecule has 0 aliphatic heterocycles. The van der Waals surface area contributed by atoms with Gasteiger partial charge in [0.1, 0.15) is 6.04 Å². The Morgan fingerprint density at radius 2 is 1.74 bits per heavy atom. The SMILES string of the molecule is C/C=C\CCCC(=O)NC(CCSC)C(=O)OCCCCCO[N+](=O)[O-].c1ccc(CCCCCC2CCCCC2)cc1. The standard InChI is InChI=1S/C17H30N2O6S.C17H26/c1-3-4-5-7-10-16(20)18-15(11-14-26-2)17(21)24-12-8-6-9-13-25-19(22)23;1-4-10-16(11-5-1)14-8-3-9-15-17-12-6-2-7-13-17/h3-4,15H,5-14H2,1-2H3,(H,18,20);1,4-5,10-11,17H,2-3,6-9,12-15H2/b4-3-;. The van der Waals surface area contributed by atoms with E-state index in [4.69, 9.17) is 4.74 Å². The summed E-state index contributed by atoms with van der Waals surface area (Å²) in [4.78, 5) is 38.3. The van der Waals surface area contributed by atoms with Crippen molar-refractivity contribution in [2.24, 2.45) is 5.92 Å². The number of nitrogens with zero attached hydrogens (tertiary/aromatic N) is 1. The molecule has 43 heavy (non-hydrogen) atoms. The van der Waals surface area contributed by atoms with Crippen molar-refractivity contribution >= 4 is 23.6 Å². The Balaban J connectivity index is 0.000000465. The molecule has 1 aromatic rings. The number of thioether (sulfide) groups is 1. The van der Waals surface area contributed by atoms with E-state index in [0.717, 1.165) is 24.5 Å². The fraction of sp³-hybridized carbons (Fsp3) is 0.706. The molecule has 1 fully saturated rings. The highest BCUT2D eigenvalue weighted by molar-refractivity contribution is 7.98. The smallest absolute Gasteiger partial charge is 0.328 e. The molecule has 0 spiro atoms. The van der Waals surface area contributed by atoms with Crippen LogP contribution in [-0.4, -0.2) is 48.2 Å². The molecule has 244 valence electrons. The van der Waals surface area contributed by atoms with Gasteiger partial charge in [-0.2, -0.15) is 11.8 Å². The van der Waals surface area contributed by atoms with Crippen molar-refractivity contribution in [2.75, 3.05) is 25.2 Å². The van der Waals surface area contributed by atoms with E-state index in [9.17, 15) is 19.7 Å². The number of carbonyl (C=O) groups excluding carboxylic acids is 2. The summed E-state index contributed by atoms with van der Waals surface area (Å²) in [6.07, 6.45) is 24.7. The number of rotatable bonds is 22. The second-order valence-corrected chi connectivity index (χ2v) is 12.2. The van der Waals surface area contributed by atoms with Crippen molar-refractivity contribution in [2.45, 2.75) is 122 Å². The normalized spacial score (nSPS) is 14.0. The predicted molar refractivity (Wildman–Crippen MR) is 177 cm³/mol. The molecule has 1 atom stereocenters. The van der Waals surface area contributed by atoms with Gasteiger partial charge in [-0.05, 0) is 81.8 Å². The van der Waals surface area contributed by atoms with Crippen LogP contribution in [0.4, 0.5) is 0 Å². The number of benzene rings is 1. The molecular formula is C34H56N2O6S. The third-order valence-corrected chi connectivity index (χ3v) is 8.26. The molecule has 1 unspecified atom stereocenters. The number of carbonyl (C=O) groups is 2. The number of aryl methyl sites for hydroxylation is 1. The van der Waals surface area contributed by atoms with Gasteiger partial charge >= 0.3 is 5.97 Å². The van der Waals surface area contributed by atoms with Gasteiger partial charge in [-0.1, -0.05) is 93.9 Å². The van der Waals surface area contributed by atoms with E-state index >= 15 is 0 Å². The first-order valence-corrected chi connectivity index (χ1v) is 17.7. The van der Waals surface area contributed by atoms with E-state index in [1.54, 1.807) is 11.8 Å². The molecule has 1 aliphatic carbocycles. The lowest BCUT2D eigenvalue weighted by atomic mass is 9.85. The molecule has 1 aliphatic rings. The van der Waals surface area contributed by atoms with Gasteiger partial charge in [0.05, 0.1) is 13.2 Å². The van der Waals surface area contributed by atoms with Crippen molar-refractivity contribution in [3.8, 4) is 0 Å². The maximum Gasteiger partial charge on any atom is 0.328 e. The fourth-order valence-corrected chi connectivity index (χ4v) is 5.62. The Kier molecular flexibility index (Phi) is 24.2. The van der Waals surface area contributed by atoms with E-state index in [0.29, 0.717) is 32.1 Å². The zero-order valence-electron chi connectivity index (χ0n) is 26.6. The van der Waals surface area contributed by atoms with Gasteiger partial charge in [-0.3, -0.25) is 4.79 Å². The summed E-state index contributed by atoms with van der Waals surface area (Å²) in [6, 6.07) is 10.3. The van der Waals surface area contributed by atoms with E-state index < -0.39 is 17.1 Å². The second kappa shape index (κ2) is 27.0. The maximum absolute atomic E-state index is 12.2. The minimum Gasteiger partial charge on any atom is -0.464 e. The van der Waals surface area contributed by atoms with Gasteiger partial charge in [-0.25, -0.2) is 4.79 Å². The summed E-state index contributed by atoms with van der Waals surface area (Å²) in [5.74, 6) is 1.24. The van der Waals surface area contributed by atoms with Crippen molar-refractivity contribution in [3.63, 3.8) is 0 Å². The van der Waals surface area contributed by atoms with Crippen molar-refractivity contribution in [1.29, 1.82) is 0 Å². The highest BCUT2D eigenvalue weighted by Gasteiger charge is 2.21. The summed E-state index contributed by atoms with van der Waals surface area (Å²) in [6.45, 7) is 2.20. The van der Waals surface area contributed by atoms with Gasteiger partial charge in [-0.15, -0.1) is 10.1 Å². The molecule has 0 heterocycles. The number of nitrogens with one attached hydrogen (secondary N) is 1. The number of hydrogen-bond acceptors (Lipinski definition) is 7. The maximum atomic E-state index is 12.2. The number of ether oxygens (including phenoxy) is 1. The second-order valence-electron chi connectivity index (χ2n) is 11.2. The molecule has 1 amide bonds. The summed E-state index contributed by atoms with van der Waals surface area (Å²) >= 11 is 1.60. The molecular weight excluding hydrogens is 564 g/mol. The zero-order valence-corrected chi connectivity index (χ0v) is 27.5. The fourth-order valence-electron chi connectivity index (χ4n) is 5.15. The van der Waals surface area contributed by atoms with E-state index in [1.165, 1.54) is 69.8 Å². The Labute approximate surface area is 264 Å². The largest absolute Gasteiger partial charge is 0.464 e. The third kappa shape index (κ3) is 22.6. The molecule has 1 saturated carbocycles. The van der Waals surface area contributed by atoms with Crippen molar-refractivity contribution in [3.05, 3.63) is 58.2 Å². The molecule has 1 N–H and O–H groups in total. The minimum absolute atomic E-state index is 0.0422. The van der Waals surface area contributed by atoms with Gasteiger partial charge in [0.2, 0.25) is 5.91 Å². The molecule has 8 nitrogen and oxygen atoms in total. The Morgan fingerprint density at radius 3 is 2.44 bits per heavy atom. The summed E-state index contributed by atoms with van der Waals surface area (Å²) in [7, 11) is 0. The van der Waals surface area contributed by atoms with Crippen LogP contribution in [0.3, 0.4) is 0 Å². The van der Waals surface area contributed by atoms with Gasteiger partial charge in [0.25, 0.3) is 5.09 Å². The summed E-state index contributed by atoms with van der Waals surface area (Å²) < 4.78 is 5.22. The molecule has 1 aromatic carbocycles. The van der Waals surface area contributed by atoms with Crippen LogP contribution < -0.4 is 5.32 Å². The lowest BCUT2D eigenvalue weighted by Gasteiger charge is -2.21. The van der Waals surface area contributed by atoms with Crippen LogP contribution in [0.1, 0.15) is 115 Å². The van der Waals surface area contributed by atoms with E-state index in [2.05, 4.69) is 40.5 Å². The topological polar surface area (TPSA) is 108 Å². The van der Waals surface area contributed by atoms with Gasteiger partial charge in [0, 0.05) is 6.42 Å². The Morgan fingerprint density at radius 1 is 1.02 bits per heavy atom. The Hall–Kier alpha value is -2.55. The quantitative estimate of drug-likeness (QED) is 0.0457. The number of allylic oxidation sites excluding steroid dienone is 2. The first kappa shape index (κ1) is 38.5. The number of hydrogen-bond donors (Lipinski definition) is 1. The number of amides is 1. The lowest BCUT2D eigenvalue weighted by molar-refractivity contribution is -0.757. The molecule has 0 saturated heterocycles. The average Bonchev–Trinajstić information content (AvgIpc) is 3.02. The first-order valence-electron chi connectivity index (χ1n) is 16.3. The average molecular weight is 621 g/mol. The molecule has 0 radical (unpaired) electrons. The summed E-state index contributed by atoms with van der Waals surface area (Å²) in [5.41, 5.74) is 1.50. The highest BCUT2D eigenvalue weighted by Crippen LogP contribution is 2.28. The van der Waals surface area contributed by atoms with Crippen molar-refractivity contribution in [1.82, 2.24) is 5.32 Å². The predicted octanol–water partition coefficient (Wildman–Crippen LogP) is 8.26. The molecule has 9 heteroatoms. The van der Waals surface area contributed by atoms with E-state index in [-0.39, 0.29) is 19.1 Å². The van der Waals surface area contributed by atoms with Crippen LogP contribution >= 0.6 is 11.8 Å². The van der Waals surface area contributed by atoms with Crippen LogP contribution in [0.2, 0.25) is 0 Å². The minimum atomic E-state index is -0.822. The monoisotopic (exact) mass is 620 g/mol. The lowest BCUT2D eigenvalue weighted by Crippen LogP contribution is -2.42. The van der Waals surface area contributed by atoms with Gasteiger partial charge in [0.15, 0.2) is 0 Å². The van der Waals surface area contributed by atoms with Crippen LogP contribution in [0.5, 0.6) is 0 Å². The van der Waals surface area contributed by atoms with Crippen LogP contribution in [0.25, 0.3) is 0 Å². The third-order valence-electron chi connectivity index (χ3n) is 7.62. The van der Waals surface area contributed by atoms with E-state index in [1.807, 2.05) is 25.3 Å². The van der Waals surface area contributed by atoms with Crippen LogP contribution in [-0.2, 0) is 25.6 Å². The number of esters is 1. The number of unbranched alkanes of at least 4 members (excludes halogenated alkanes) is 5. The Bertz CT molecular complexity index is 877. The molecule has 0 aromatic heterocycles. The highest BCUT2D eigenvalue weighted by atomic mass is 32.2. The van der Waals surface area contributed by atoms with Crippen LogP contribution in [0, 0.1) is 16.0 Å².